The van der Waals surface area contributed by atoms with E-state index >= 15 is 0 Å². The van der Waals surface area contributed by atoms with E-state index in [1.807, 2.05) is 6.08 Å². The zero-order valence-corrected chi connectivity index (χ0v) is 7.20. The Morgan fingerprint density at radius 2 is 2.18 bits per heavy atom. The van der Waals surface area contributed by atoms with Crippen LogP contribution in [0.5, 0.6) is 0 Å². The fourth-order valence-corrected chi connectivity index (χ4v) is 0.731. The molecule has 3 heteroatoms. The van der Waals surface area contributed by atoms with E-state index in [9.17, 15) is 0 Å². The SMILES string of the molecule is C[C@H](O)/C=C/CCCN(C)O. The van der Waals surface area contributed by atoms with Crippen molar-refractivity contribution >= 4 is 0 Å². The van der Waals surface area contributed by atoms with Crippen LogP contribution in [0.3, 0.4) is 0 Å². The number of hydrogen-bond donors (Lipinski definition) is 2. The first-order chi connectivity index (χ1) is 5.13. The van der Waals surface area contributed by atoms with Crippen LogP contribution in [0.4, 0.5) is 0 Å². The van der Waals surface area contributed by atoms with Gasteiger partial charge in [-0.3, -0.25) is 0 Å². The van der Waals surface area contributed by atoms with Crippen LogP contribution in [0, 0.1) is 0 Å². The standard InChI is InChI=1S/C8H17NO2/c1-8(10)6-4-3-5-7-9(2)11/h4,6,8,10-11H,3,5,7H2,1-2H3/b6-4+/t8-/m0/s1. The minimum atomic E-state index is -0.359. The van der Waals surface area contributed by atoms with E-state index in [-0.39, 0.29) is 6.10 Å². The molecular formula is C8H17NO2. The highest BCUT2D eigenvalue weighted by atomic mass is 16.5. The lowest BCUT2D eigenvalue weighted by molar-refractivity contribution is -0.0649. The molecule has 2 N–H and O–H groups in total. The molecule has 0 aliphatic carbocycles. The van der Waals surface area contributed by atoms with E-state index < -0.39 is 0 Å². The first-order valence-corrected chi connectivity index (χ1v) is 3.87. The number of hydrogen-bond acceptors (Lipinski definition) is 3. The third-order valence-corrected chi connectivity index (χ3v) is 1.27. The van der Waals surface area contributed by atoms with Crippen molar-refractivity contribution < 1.29 is 10.3 Å². The maximum absolute atomic E-state index is 8.81. The number of aliphatic hydroxyl groups excluding tert-OH is 1. The van der Waals surface area contributed by atoms with Crippen molar-refractivity contribution in [2.75, 3.05) is 13.6 Å². The highest BCUT2D eigenvalue weighted by Gasteiger charge is 1.89. The molecule has 0 heterocycles. The summed E-state index contributed by atoms with van der Waals surface area (Å²) < 4.78 is 0. The molecule has 0 bridgehead atoms. The summed E-state index contributed by atoms with van der Waals surface area (Å²) in [6, 6.07) is 0. The molecule has 0 aliphatic rings. The number of rotatable bonds is 5. The highest BCUT2D eigenvalue weighted by Crippen LogP contribution is 1.93. The highest BCUT2D eigenvalue weighted by molar-refractivity contribution is 4.85. The third kappa shape index (κ3) is 9.62. The van der Waals surface area contributed by atoms with Crippen LogP contribution in [-0.2, 0) is 0 Å². The maximum atomic E-state index is 8.81. The molecule has 0 unspecified atom stereocenters. The molecule has 0 spiro atoms. The average Bonchev–Trinajstić information content (AvgIpc) is 1.85. The lowest BCUT2D eigenvalue weighted by Crippen LogP contribution is -2.13. The van der Waals surface area contributed by atoms with E-state index in [4.69, 9.17) is 10.3 Å². The molecule has 0 saturated heterocycles. The van der Waals surface area contributed by atoms with Crippen LogP contribution in [0.2, 0.25) is 0 Å². The number of nitrogens with zero attached hydrogens (tertiary/aromatic N) is 1. The third-order valence-electron chi connectivity index (χ3n) is 1.27. The van der Waals surface area contributed by atoms with Crippen LogP contribution in [0.15, 0.2) is 12.2 Å². The molecule has 3 nitrogen and oxygen atoms in total. The molecule has 0 fully saturated rings. The van der Waals surface area contributed by atoms with Crippen LogP contribution < -0.4 is 0 Å². The van der Waals surface area contributed by atoms with Gasteiger partial charge in [-0.15, -0.1) is 0 Å². The van der Waals surface area contributed by atoms with E-state index in [2.05, 4.69) is 0 Å². The number of hydroxylamine groups is 2. The van der Waals surface area contributed by atoms with Crippen LogP contribution in [0.25, 0.3) is 0 Å². The molecule has 66 valence electrons. The van der Waals surface area contributed by atoms with Gasteiger partial charge in [0, 0.05) is 13.6 Å². The van der Waals surface area contributed by atoms with E-state index in [1.54, 1.807) is 20.0 Å². The zero-order chi connectivity index (χ0) is 8.69. The zero-order valence-electron chi connectivity index (χ0n) is 7.20. The summed E-state index contributed by atoms with van der Waals surface area (Å²) in [5.74, 6) is 0. The van der Waals surface area contributed by atoms with E-state index in [1.165, 1.54) is 0 Å². The fourth-order valence-electron chi connectivity index (χ4n) is 0.731. The summed E-state index contributed by atoms with van der Waals surface area (Å²) in [6.45, 7) is 2.39. The lowest BCUT2D eigenvalue weighted by Gasteiger charge is -2.04. The topological polar surface area (TPSA) is 43.7 Å². The molecular weight excluding hydrogens is 142 g/mol. The van der Waals surface area contributed by atoms with Crippen molar-refractivity contribution in [1.29, 1.82) is 0 Å². The largest absolute Gasteiger partial charge is 0.389 e. The van der Waals surface area contributed by atoms with Gasteiger partial charge in [-0.05, 0) is 19.8 Å². The van der Waals surface area contributed by atoms with Gasteiger partial charge in [-0.1, -0.05) is 12.2 Å². The Hall–Kier alpha value is -0.380. The molecule has 0 amide bonds. The first-order valence-electron chi connectivity index (χ1n) is 3.87. The summed E-state index contributed by atoms with van der Waals surface area (Å²) in [7, 11) is 1.62. The Balaban J connectivity index is 3.14. The number of unbranched alkanes of at least 4 members (excludes halogenated alkanes) is 1. The van der Waals surface area contributed by atoms with Gasteiger partial charge in [0.15, 0.2) is 0 Å². The van der Waals surface area contributed by atoms with Crippen LogP contribution in [-0.4, -0.2) is 35.1 Å². The Bertz CT molecular complexity index is 111. The second-order valence-electron chi connectivity index (χ2n) is 2.69. The summed E-state index contributed by atoms with van der Waals surface area (Å²) in [5, 5.41) is 18.7. The molecule has 11 heavy (non-hydrogen) atoms. The maximum Gasteiger partial charge on any atom is 0.0692 e. The van der Waals surface area contributed by atoms with Gasteiger partial charge in [0.1, 0.15) is 0 Å². The van der Waals surface area contributed by atoms with Crippen molar-refractivity contribution in [2.24, 2.45) is 0 Å². The van der Waals surface area contributed by atoms with Crippen molar-refractivity contribution in [1.82, 2.24) is 5.06 Å². The molecule has 0 rings (SSSR count). The van der Waals surface area contributed by atoms with E-state index in [0.717, 1.165) is 17.9 Å². The normalized spacial score (nSPS) is 14.6. The predicted molar refractivity (Wildman–Crippen MR) is 44.5 cm³/mol. The van der Waals surface area contributed by atoms with Gasteiger partial charge in [-0.2, -0.15) is 5.06 Å². The van der Waals surface area contributed by atoms with Gasteiger partial charge in [0.25, 0.3) is 0 Å². The fraction of sp³-hybridized carbons (Fsp3) is 0.750. The Morgan fingerprint density at radius 1 is 1.55 bits per heavy atom. The van der Waals surface area contributed by atoms with Gasteiger partial charge in [0.2, 0.25) is 0 Å². The summed E-state index contributed by atoms with van der Waals surface area (Å²) >= 11 is 0. The molecule has 1 atom stereocenters. The quantitative estimate of drug-likeness (QED) is 0.357. The van der Waals surface area contributed by atoms with E-state index in [0.29, 0.717) is 6.54 Å². The molecule has 0 radical (unpaired) electrons. The summed E-state index contributed by atoms with van der Waals surface area (Å²) in [5.41, 5.74) is 0. The Morgan fingerprint density at radius 3 is 2.64 bits per heavy atom. The van der Waals surface area contributed by atoms with Gasteiger partial charge in [-0.25, -0.2) is 0 Å². The summed E-state index contributed by atoms with van der Waals surface area (Å²) in [6.07, 6.45) is 5.12. The van der Waals surface area contributed by atoms with Crippen molar-refractivity contribution in [2.45, 2.75) is 25.9 Å². The summed E-state index contributed by atoms with van der Waals surface area (Å²) in [4.78, 5) is 0. The Labute approximate surface area is 67.9 Å². The predicted octanol–water partition coefficient (Wildman–Crippen LogP) is 1.02. The lowest BCUT2D eigenvalue weighted by atomic mass is 10.2. The second kappa shape index (κ2) is 6.34. The van der Waals surface area contributed by atoms with Gasteiger partial charge in [0.05, 0.1) is 6.10 Å². The molecule has 0 aromatic carbocycles. The smallest absolute Gasteiger partial charge is 0.0692 e. The first kappa shape index (κ1) is 10.6. The minimum absolute atomic E-state index is 0.359. The van der Waals surface area contributed by atoms with Crippen molar-refractivity contribution in [3.05, 3.63) is 12.2 Å². The Kier molecular flexibility index (Phi) is 6.12. The van der Waals surface area contributed by atoms with Crippen molar-refractivity contribution in [3.8, 4) is 0 Å². The van der Waals surface area contributed by atoms with Gasteiger partial charge >= 0.3 is 0 Å². The molecule has 0 aliphatic heterocycles. The second-order valence-corrected chi connectivity index (χ2v) is 2.69. The molecule has 0 aromatic rings. The van der Waals surface area contributed by atoms with Crippen molar-refractivity contribution in [3.63, 3.8) is 0 Å². The number of allylic oxidation sites excluding steroid dienone is 1. The van der Waals surface area contributed by atoms with Crippen LogP contribution in [0.1, 0.15) is 19.8 Å². The average molecular weight is 159 g/mol. The molecule has 0 aromatic heterocycles. The van der Waals surface area contributed by atoms with Gasteiger partial charge < -0.3 is 10.3 Å². The molecule has 0 saturated carbocycles. The minimum Gasteiger partial charge on any atom is -0.389 e. The van der Waals surface area contributed by atoms with Crippen LogP contribution >= 0.6 is 0 Å². The monoisotopic (exact) mass is 159 g/mol. The number of aliphatic hydroxyl groups is 1.